The van der Waals surface area contributed by atoms with Crippen molar-refractivity contribution in [3.05, 3.63) is 0 Å². The number of likely N-dealkylation sites (N-methyl/N-ethyl adjacent to an activating group) is 1. The lowest BCUT2D eigenvalue weighted by atomic mass is 10.3. The van der Waals surface area contributed by atoms with Gasteiger partial charge in [-0.3, -0.25) is 4.79 Å². The van der Waals surface area contributed by atoms with Crippen LogP contribution in [0.5, 0.6) is 0 Å². The van der Waals surface area contributed by atoms with Crippen molar-refractivity contribution in [3.8, 4) is 0 Å². The van der Waals surface area contributed by atoms with E-state index in [1.807, 2.05) is 27.7 Å². The van der Waals surface area contributed by atoms with Crippen LogP contribution >= 0.6 is 12.4 Å². The quantitative estimate of drug-likeness (QED) is 0.665. The van der Waals surface area contributed by atoms with Gasteiger partial charge >= 0.3 is 0 Å². The first-order valence-electron chi connectivity index (χ1n) is 6.47. The Morgan fingerprint density at radius 3 is 2.26 bits per heavy atom. The Bertz CT molecular complexity index is 345. The Labute approximate surface area is 123 Å². The third kappa shape index (κ3) is 12.4. The zero-order chi connectivity index (χ0) is 14.2. The lowest BCUT2D eigenvalue weighted by Crippen LogP contribution is -2.39. The molecule has 0 saturated heterocycles. The second-order valence-corrected chi connectivity index (χ2v) is 7.25. The Hall–Kier alpha value is -0.330. The first kappa shape index (κ1) is 21.0. The molecule has 0 aromatic carbocycles. The summed E-state index contributed by atoms with van der Waals surface area (Å²) in [6.07, 6.45) is 0.0495. The van der Waals surface area contributed by atoms with Gasteiger partial charge in [-0.1, -0.05) is 20.8 Å². The maximum atomic E-state index is 11.6. The van der Waals surface area contributed by atoms with Crippen LogP contribution in [-0.2, 0) is 14.6 Å². The van der Waals surface area contributed by atoms with Gasteiger partial charge in [0, 0.05) is 19.0 Å². The molecule has 0 fully saturated rings. The lowest BCUT2D eigenvalue weighted by molar-refractivity contribution is -0.120. The Balaban J connectivity index is 0. The third-order valence-corrected chi connectivity index (χ3v) is 4.39. The van der Waals surface area contributed by atoms with Crippen LogP contribution in [0.15, 0.2) is 0 Å². The summed E-state index contributed by atoms with van der Waals surface area (Å²) in [6.45, 7) is 9.05. The van der Waals surface area contributed by atoms with Gasteiger partial charge in [-0.05, 0) is 19.4 Å². The Morgan fingerprint density at radius 2 is 1.79 bits per heavy atom. The van der Waals surface area contributed by atoms with Crippen LogP contribution in [0.3, 0.4) is 0 Å². The molecule has 0 aromatic rings. The second-order valence-electron chi connectivity index (χ2n) is 5.02. The first-order valence-corrected chi connectivity index (χ1v) is 8.29. The Morgan fingerprint density at radius 1 is 1.21 bits per heavy atom. The molecule has 1 amide bonds. The van der Waals surface area contributed by atoms with Crippen LogP contribution in [-0.4, -0.2) is 45.0 Å². The van der Waals surface area contributed by atoms with Crippen molar-refractivity contribution in [1.82, 2.24) is 10.6 Å². The molecule has 0 aliphatic carbocycles. The maximum absolute atomic E-state index is 11.6. The highest BCUT2D eigenvalue weighted by molar-refractivity contribution is 7.91. The van der Waals surface area contributed by atoms with Crippen molar-refractivity contribution in [2.75, 3.05) is 24.6 Å². The number of carbonyl (C=O) groups excluding carboxylic acids is 1. The topological polar surface area (TPSA) is 75.3 Å². The highest BCUT2D eigenvalue weighted by Gasteiger charge is 2.15. The summed E-state index contributed by atoms with van der Waals surface area (Å²) < 4.78 is 23.2. The van der Waals surface area contributed by atoms with Gasteiger partial charge in [-0.15, -0.1) is 12.4 Å². The molecule has 0 radical (unpaired) electrons. The zero-order valence-electron chi connectivity index (χ0n) is 12.2. The molecule has 0 spiro atoms. The average molecular weight is 315 g/mol. The van der Waals surface area contributed by atoms with Crippen molar-refractivity contribution in [2.45, 2.75) is 40.2 Å². The molecule has 5 nitrogen and oxygen atoms in total. The monoisotopic (exact) mass is 314 g/mol. The molecule has 116 valence electrons. The average Bonchev–Trinajstić information content (AvgIpc) is 2.22. The van der Waals surface area contributed by atoms with Crippen molar-refractivity contribution < 1.29 is 13.2 Å². The lowest BCUT2D eigenvalue weighted by Gasteiger charge is -2.13. The second kappa shape index (κ2) is 10.5. The van der Waals surface area contributed by atoms with E-state index in [2.05, 4.69) is 10.6 Å². The molecule has 0 aromatic heterocycles. The number of nitrogens with one attached hydrogen (secondary N) is 2. The van der Waals surface area contributed by atoms with Crippen LogP contribution in [0.25, 0.3) is 0 Å². The third-order valence-electron chi connectivity index (χ3n) is 2.39. The number of amides is 1. The fraction of sp³-hybridized carbons (Fsp3) is 0.917. The first-order chi connectivity index (χ1) is 8.26. The van der Waals surface area contributed by atoms with E-state index in [4.69, 9.17) is 0 Å². The summed E-state index contributed by atoms with van der Waals surface area (Å²) in [4.78, 5) is 11.5. The minimum absolute atomic E-state index is 0. The van der Waals surface area contributed by atoms with Gasteiger partial charge in [0.25, 0.3) is 0 Å². The van der Waals surface area contributed by atoms with E-state index in [1.165, 1.54) is 0 Å². The SMILES string of the molecule is CCN[C@H](C)CNC(=O)CCS(=O)(=O)CC(C)C.Cl. The van der Waals surface area contributed by atoms with Gasteiger partial charge in [-0.25, -0.2) is 8.42 Å². The molecule has 0 bridgehead atoms. The molecule has 0 unspecified atom stereocenters. The summed E-state index contributed by atoms with van der Waals surface area (Å²) in [5.41, 5.74) is 0. The van der Waals surface area contributed by atoms with Gasteiger partial charge in [-0.2, -0.15) is 0 Å². The summed E-state index contributed by atoms with van der Waals surface area (Å²) in [5.74, 6) is -0.0142. The van der Waals surface area contributed by atoms with Crippen LogP contribution in [0, 0.1) is 5.92 Å². The molecule has 0 heterocycles. The maximum Gasteiger partial charge on any atom is 0.221 e. The van der Waals surface area contributed by atoms with E-state index in [-0.39, 0.29) is 48.2 Å². The molecule has 1 atom stereocenters. The van der Waals surface area contributed by atoms with Crippen LogP contribution in [0.2, 0.25) is 0 Å². The van der Waals surface area contributed by atoms with Gasteiger partial charge in [0.2, 0.25) is 5.91 Å². The molecular formula is C12H27ClN2O3S. The van der Waals surface area contributed by atoms with E-state index in [0.717, 1.165) is 6.54 Å². The van der Waals surface area contributed by atoms with Crippen molar-refractivity contribution in [1.29, 1.82) is 0 Å². The number of rotatable bonds is 9. The zero-order valence-corrected chi connectivity index (χ0v) is 13.9. The minimum atomic E-state index is -3.10. The number of sulfone groups is 1. The molecule has 0 aliphatic heterocycles. The van der Waals surface area contributed by atoms with Gasteiger partial charge in [0.15, 0.2) is 9.84 Å². The van der Waals surface area contributed by atoms with E-state index < -0.39 is 9.84 Å². The summed E-state index contributed by atoms with van der Waals surface area (Å²) in [5, 5.41) is 5.89. The van der Waals surface area contributed by atoms with Crippen LogP contribution in [0.1, 0.15) is 34.1 Å². The summed E-state index contributed by atoms with van der Waals surface area (Å²) >= 11 is 0. The van der Waals surface area contributed by atoms with Gasteiger partial charge in [0.05, 0.1) is 11.5 Å². The number of hydrogen-bond acceptors (Lipinski definition) is 4. The molecule has 0 saturated carbocycles. The molecular weight excluding hydrogens is 288 g/mol. The molecule has 7 heteroatoms. The Kier molecular flexibility index (Phi) is 11.5. The van der Waals surface area contributed by atoms with E-state index >= 15 is 0 Å². The molecule has 19 heavy (non-hydrogen) atoms. The highest BCUT2D eigenvalue weighted by atomic mass is 35.5. The van der Waals surface area contributed by atoms with Crippen molar-refractivity contribution >= 4 is 28.2 Å². The fourth-order valence-electron chi connectivity index (χ4n) is 1.62. The van der Waals surface area contributed by atoms with Crippen LogP contribution in [0.4, 0.5) is 0 Å². The van der Waals surface area contributed by atoms with Gasteiger partial charge < -0.3 is 10.6 Å². The molecule has 2 N–H and O–H groups in total. The number of hydrogen-bond donors (Lipinski definition) is 2. The molecule has 0 rings (SSSR count). The standard InChI is InChI=1S/C12H26N2O3S.ClH/c1-5-13-11(4)8-14-12(15)6-7-18(16,17)9-10(2)3;/h10-11,13H,5-9H2,1-4H3,(H,14,15);1H/t11-;/m1./s1. The van der Waals surface area contributed by atoms with E-state index in [1.54, 1.807) is 0 Å². The summed E-state index contributed by atoms with van der Waals surface area (Å²) in [7, 11) is -3.10. The fourth-order valence-corrected chi connectivity index (χ4v) is 3.29. The van der Waals surface area contributed by atoms with Gasteiger partial charge in [0.1, 0.15) is 0 Å². The largest absolute Gasteiger partial charge is 0.355 e. The highest BCUT2D eigenvalue weighted by Crippen LogP contribution is 2.02. The summed E-state index contributed by atoms with van der Waals surface area (Å²) in [6, 6.07) is 0.200. The minimum Gasteiger partial charge on any atom is -0.355 e. The van der Waals surface area contributed by atoms with E-state index in [9.17, 15) is 13.2 Å². The van der Waals surface area contributed by atoms with Crippen molar-refractivity contribution in [3.63, 3.8) is 0 Å². The normalized spacial score (nSPS) is 12.9. The predicted octanol–water partition coefficient (Wildman–Crippen LogP) is 0.983. The van der Waals surface area contributed by atoms with E-state index in [0.29, 0.717) is 6.54 Å². The number of halogens is 1. The van der Waals surface area contributed by atoms with Crippen LogP contribution < -0.4 is 10.6 Å². The predicted molar refractivity (Wildman–Crippen MR) is 81.5 cm³/mol. The van der Waals surface area contributed by atoms with Crippen molar-refractivity contribution in [2.24, 2.45) is 5.92 Å². The smallest absolute Gasteiger partial charge is 0.221 e. The number of carbonyl (C=O) groups is 1. The molecule has 0 aliphatic rings.